The van der Waals surface area contributed by atoms with Gasteiger partial charge in [0.2, 0.25) is 0 Å². The molecule has 1 N–H and O–H groups in total. The van der Waals surface area contributed by atoms with Crippen molar-refractivity contribution in [1.82, 2.24) is 0 Å². The Bertz CT molecular complexity index is 651. The van der Waals surface area contributed by atoms with E-state index < -0.39 is 6.04 Å². The maximum absolute atomic E-state index is 8.43. The summed E-state index contributed by atoms with van der Waals surface area (Å²) in [6.07, 6.45) is 16.0. The summed E-state index contributed by atoms with van der Waals surface area (Å²) >= 11 is 6.17. The molecule has 2 aliphatic rings. The van der Waals surface area contributed by atoms with Gasteiger partial charge in [0.15, 0.2) is 0 Å². The molecule has 4 heteroatoms. The molecule has 0 aromatic heterocycles. The summed E-state index contributed by atoms with van der Waals surface area (Å²) in [6, 6.07) is 19.1. The van der Waals surface area contributed by atoms with Crippen LogP contribution in [0.4, 0.5) is 0 Å². The van der Waals surface area contributed by atoms with Gasteiger partial charge in [-0.2, -0.15) is 0 Å². The summed E-state index contributed by atoms with van der Waals surface area (Å²) in [4.78, 5) is 0. The van der Waals surface area contributed by atoms with Crippen LogP contribution in [0, 0.1) is 62.9 Å². The Morgan fingerprint density at radius 3 is 1.44 bits per heavy atom. The maximum atomic E-state index is 8.43. The molecule has 0 saturated heterocycles. The van der Waals surface area contributed by atoms with Gasteiger partial charge in [-0.25, -0.2) is 0 Å². The van der Waals surface area contributed by atoms with E-state index in [2.05, 4.69) is 74.2 Å². The number of aliphatic hydroxyl groups is 1. The Hall–Kier alpha value is -0.431. The van der Waals surface area contributed by atoms with Gasteiger partial charge in [0.05, 0.1) is 0 Å². The van der Waals surface area contributed by atoms with Crippen molar-refractivity contribution in [2.75, 3.05) is 6.61 Å². The molecule has 0 spiro atoms. The van der Waals surface area contributed by atoms with Crippen molar-refractivity contribution in [3.05, 3.63) is 124 Å². The number of hydrogen-bond donors (Lipinski definition) is 1. The molecule has 2 aromatic rings. The van der Waals surface area contributed by atoms with Gasteiger partial charge in [-0.3, -0.25) is 0 Å². The van der Waals surface area contributed by atoms with E-state index in [1.54, 1.807) is 0 Å². The van der Waals surface area contributed by atoms with Crippen molar-refractivity contribution in [3.8, 4) is 0 Å². The Kier molecular flexibility index (Phi) is 9.77. The molecule has 2 aromatic carbocycles. The van der Waals surface area contributed by atoms with Gasteiger partial charge < -0.3 is 5.11 Å². The summed E-state index contributed by atoms with van der Waals surface area (Å²) < 4.78 is 0. The first-order valence-electron chi connectivity index (χ1n) is 8.50. The van der Waals surface area contributed by atoms with Crippen LogP contribution in [0.3, 0.4) is 0 Å². The van der Waals surface area contributed by atoms with Crippen LogP contribution in [0.1, 0.15) is 0 Å². The first-order chi connectivity index (χ1) is 12.7. The molecule has 2 saturated carbocycles. The normalized spacial score (nSPS) is 17.8. The fourth-order valence-corrected chi connectivity index (χ4v) is 6.58. The van der Waals surface area contributed by atoms with Crippen LogP contribution in [0.2, 0.25) is 0 Å². The minimum atomic E-state index is -1.90. The molecule has 136 valence electrons. The fraction of sp³-hybridized carbons (Fsp3) is 0.0435. The molecule has 0 amide bonds. The van der Waals surface area contributed by atoms with E-state index in [1.165, 1.54) is 16.3 Å². The topological polar surface area (TPSA) is 20.2 Å². The molecule has 27 heavy (non-hydrogen) atoms. The molecule has 10 radical (unpaired) electrons. The number of benzene rings is 2. The first kappa shape index (κ1) is 22.9. The van der Waals surface area contributed by atoms with Crippen LogP contribution in [0.15, 0.2) is 60.7 Å². The molecular weight excluding hydrogens is 411 g/mol. The van der Waals surface area contributed by atoms with Crippen LogP contribution in [0.5, 0.6) is 0 Å². The van der Waals surface area contributed by atoms with Crippen molar-refractivity contribution in [2.45, 2.75) is 0 Å². The number of aliphatic hydroxyl groups excluding tert-OH is 1. The van der Waals surface area contributed by atoms with Crippen LogP contribution in [-0.2, 0) is 28.9 Å². The zero-order chi connectivity index (χ0) is 18.2. The third-order valence-corrected chi connectivity index (χ3v) is 9.14. The molecule has 4 rings (SSSR count). The predicted molar refractivity (Wildman–Crippen MR) is 114 cm³/mol. The van der Waals surface area contributed by atoms with Gasteiger partial charge in [0, 0.05) is 24.2 Å². The van der Waals surface area contributed by atoms with Crippen LogP contribution in [0.25, 0.3) is 0 Å². The van der Waals surface area contributed by atoms with E-state index in [-0.39, 0.29) is 23.7 Å². The van der Waals surface area contributed by atoms with E-state index >= 15 is 0 Å². The molecule has 0 unspecified atom stereocenters. The first-order valence-corrected chi connectivity index (χ1v) is 11.3. The monoisotopic (exact) mass is 432 g/mol. The van der Waals surface area contributed by atoms with Crippen LogP contribution >= 0.6 is 6.04 Å². The molecule has 0 aliphatic heterocycles. The van der Waals surface area contributed by atoms with Gasteiger partial charge in [-0.05, 0) is 62.0 Å². The second kappa shape index (κ2) is 11.5. The second-order valence-electron chi connectivity index (χ2n) is 5.87. The smallest absolute Gasteiger partial charge is 0.396 e. The summed E-state index contributed by atoms with van der Waals surface area (Å²) in [5.74, 6) is 0.986. The molecule has 1 nitrogen and oxygen atoms in total. The van der Waals surface area contributed by atoms with E-state index in [0.29, 0.717) is 0 Å². The van der Waals surface area contributed by atoms with Crippen LogP contribution < -0.4 is 10.6 Å². The minimum absolute atomic E-state index is 0. The third kappa shape index (κ3) is 5.78. The Morgan fingerprint density at radius 2 is 1.07 bits per heavy atom. The quantitative estimate of drug-likeness (QED) is 0.585. The van der Waals surface area contributed by atoms with Gasteiger partial charge in [-0.1, -0.05) is 72.5 Å². The Morgan fingerprint density at radius 1 is 0.667 bits per heavy atom. The second-order valence-corrected chi connectivity index (χ2v) is 10.3. The van der Waals surface area contributed by atoms with Crippen molar-refractivity contribution < 1.29 is 22.2 Å². The minimum Gasteiger partial charge on any atom is -0.396 e. The standard InChI is InChI=1S/C17H14PS.C6H7O.Fe/c19-18(17-13-7-8-14-17,15-9-3-1-4-10-15)16-11-5-2-6-12-16;7-5-6-3-1-2-4-6;/h1-14H;1-4,7H,5H2;/q;;+2. The summed E-state index contributed by atoms with van der Waals surface area (Å²) in [6.45, 7) is 0.160. The molecule has 0 bridgehead atoms. The molecular formula is C23H21FeOPS+2. The maximum Gasteiger partial charge on any atom is 2.00 e. The summed E-state index contributed by atoms with van der Waals surface area (Å²) in [5, 5.41) is 10.9. The fourth-order valence-electron chi connectivity index (χ4n) is 2.82. The van der Waals surface area contributed by atoms with E-state index in [9.17, 15) is 0 Å². The zero-order valence-electron chi connectivity index (χ0n) is 14.8. The average Bonchev–Trinajstić information content (AvgIpc) is 3.43. The van der Waals surface area contributed by atoms with Gasteiger partial charge in [0.25, 0.3) is 0 Å². The molecule has 2 fully saturated rings. The van der Waals surface area contributed by atoms with Gasteiger partial charge in [0.1, 0.15) is 0 Å². The summed E-state index contributed by atoms with van der Waals surface area (Å²) in [7, 11) is 0. The molecule has 0 atom stereocenters. The van der Waals surface area contributed by atoms with Crippen LogP contribution in [-0.4, -0.2) is 11.7 Å². The van der Waals surface area contributed by atoms with Crippen molar-refractivity contribution in [3.63, 3.8) is 0 Å². The van der Waals surface area contributed by atoms with Gasteiger partial charge >= 0.3 is 17.1 Å². The van der Waals surface area contributed by atoms with E-state index in [0.717, 1.165) is 5.92 Å². The molecule has 2 aliphatic carbocycles. The SMILES string of the molecule is OC[C]1[CH][CH][CH][CH]1.S=P([C]1[CH][CH][CH][CH]1)(c1ccccc1)c1ccccc1.[Fe+2]. The van der Waals surface area contributed by atoms with Gasteiger partial charge in [-0.15, -0.1) is 0 Å². The average molecular weight is 432 g/mol. The molecule has 0 heterocycles. The van der Waals surface area contributed by atoms with E-state index in [4.69, 9.17) is 16.9 Å². The van der Waals surface area contributed by atoms with Crippen molar-refractivity contribution in [2.24, 2.45) is 0 Å². The van der Waals surface area contributed by atoms with E-state index in [1.807, 2.05) is 37.8 Å². The Labute approximate surface area is 180 Å². The zero-order valence-corrected chi connectivity index (χ0v) is 17.6. The Balaban J connectivity index is 0.000000278. The number of hydrogen-bond acceptors (Lipinski definition) is 2. The third-order valence-electron chi connectivity index (χ3n) is 4.16. The predicted octanol–water partition coefficient (Wildman–Crippen LogP) is 3.86. The van der Waals surface area contributed by atoms with Crippen molar-refractivity contribution in [1.29, 1.82) is 0 Å². The van der Waals surface area contributed by atoms with Crippen molar-refractivity contribution >= 4 is 28.5 Å². The summed E-state index contributed by atoms with van der Waals surface area (Å²) in [5.41, 5.74) is 1.26. The number of rotatable bonds is 4. The largest absolute Gasteiger partial charge is 2.00 e.